The number of nitrogens with zero attached hydrogens (tertiary/aromatic N) is 2. The molecule has 128 valence electrons. The first-order valence-electron chi connectivity index (χ1n) is 7.72. The normalized spacial score (nSPS) is 11.2. The van der Waals surface area contributed by atoms with Crippen molar-refractivity contribution in [1.82, 2.24) is 15.6 Å². The summed E-state index contributed by atoms with van der Waals surface area (Å²) in [5, 5.41) is 10.3. The van der Waals surface area contributed by atoms with E-state index in [1.165, 1.54) is 11.8 Å². The van der Waals surface area contributed by atoms with Crippen LogP contribution in [0.15, 0.2) is 29.3 Å². The summed E-state index contributed by atoms with van der Waals surface area (Å²) in [6, 6.07) is 7.72. The molecule has 0 bridgehead atoms. The Hall–Kier alpha value is -2.41. The van der Waals surface area contributed by atoms with Gasteiger partial charge < -0.3 is 16.0 Å². The van der Waals surface area contributed by atoms with Crippen molar-refractivity contribution in [3.8, 4) is 0 Å². The quantitative estimate of drug-likeness (QED) is 0.575. The van der Waals surface area contributed by atoms with Gasteiger partial charge in [0.05, 0.1) is 12.2 Å². The standard InChI is InChI=1S/C17H23N5OS/c1-11-12(2)24-16(21-11)10-20-17(18-4)19-9-14-6-5-7-15(8-14)22-13(3)23/h5-8H,9-10H2,1-4H3,(H,22,23)(H2,18,19,20). The number of benzene rings is 1. The molecule has 0 spiro atoms. The van der Waals surface area contributed by atoms with Gasteiger partial charge in [0, 0.05) is 31.1 Å². The van der Waals surface area contributed by atoms with Gasteiger partial charge in [-0.05, 0) is 31.5 Å². The molecule has 0 saturated heterocycles. The van der Waals surface area contributed by atoms with Crippen LogP contribution in [-0.4, -0.2) is 23.9 Å². The second kappa shape index (κ2) is 8.44. The fourth-order valence-corrected chi connectivity index (χ4v) is 3.02. The molecule has 0 aliphatic rings. The number of anilines is 1. The number of carbonyl (C=O) groups is 1. The van der Waals surface area contributed by atoms with Gasteiger partial charge in [0.1, 0.15) is 5.01 Å². The molecule has 0 atom stereocenters. The predicted octanol–water partition coefficient (Wildman–Crippen LogP) is 2.58. The van der Waals surface area contributed by atoms with Gasteiger partial charge in [-0.3, -0.25) is 9.79 Å². The first kappa shape index (κ1) is 17.9. The molecule has 0 saturated carbocycles. The van der Waals surface area contributed by atoms with E-state index in [0.717, 1.165) is 22.0 Å². The van der Waals surface area contributed by atoms with Crippen molar-refractivity contribution in [2.45, 2.75) is 33.9 Å². The summed E-state index contributed by atoms with van der Waals surface area (Å²) in [6.07, 6.45) is 0. The Kier molecular flexibility index (Phi) is 6.31. The van der Waals surface area contributed by atoms with Gasteiger partial charge in [0.2, 0.25) is 5.91 Å². The maximum Gasteiger partial charge on any atom is 0.221 e. The van der Waals surface area contributed by atoms with Crippen LogP contribution < -0.4 is 16.0 Å². The fourth-order valence-electron chi connectivity index (χ4n) is 2.14. The van der Waals surface area contributed by atoms with E-state index >= 15 is 0 Å². The zero-order valence-electron chi connectivity index (χ0n) is 14.4. The maximum atomic E-state index is 11.1. The summed E-state index contributed by atoms with van der Waals surface area (Å²) < 4.78 is 0. The molecule has 0 aliphatic heterocycles. The smallest absolute Gasteiger partial charge is 0.221 e. The maximum absolute atomic E-state index is 11.1. The van der Waals surface area contributed by atoms with E-state index in [2.05, 4.69) is 32.9 Å². The van der Waals surface area contributed by atoms with Crippen LogP contribution in [0.4, 0.5) is 5.69 Å². The molecule has 0 unspecified atom stereocenters. The topological polar surface area (TPSA) is 78.4 Å². The lowest BCUT2D eigenvalue weighted by molar-refractivity contribution is -0.114. The number of aliphatic imine (C=N–C) groups is 1. The number of amides is 1. The van der Waals surface area contributed by atoms with E-state index in [9.17, 15) is 4.79 Å². The van der Waals surface area contributed by atoms with Crippen molar-refractivity contribution in [1.29, 1.82) is 0 Å². The van der Waals surface area contributed by atoms with Crippen LogP contribution in [0.3, 0.4) is 0 Å². The lowest BCUT2D eigenvalue weighted by Gasteiger charge is -2.12. The minimum Gasteiger partial charge on any atom is -0.352 e. The van der Waals surface area contributed by atoms with Crippen molar-refractivity contribution >= 4 is 28.9 Å². The molecule has 3 N–H and O–H groups in total. The van der Waals surface area contributed by atoms with Gasteiger partial charge in [-0.1, -0.05) is 12.1 Å². The van der Waals surface area contributed by atoms with Crippen LogP contribution in [0, 0.1) is 13.8 Å². The highest BCUT2D eigenvalue weighted by Crippen LogP contribution is 2.16. The van der Waals surface area contributed by atoms with Gasteiger partial charge in [-0.2, -0.15) is 0 Å². The first-order valence-corrected chi connectivity index (χ1v) is 8.53. The van der Waals surface area contributed by atoms with Crippen molar-refractivity contribution in [3.05, 3.63) is 45.4 Å². The van der Waals surface area contributed by atoms with E-state index in [1.807, 2.05) is 31.2 Å². The number of hydrogen-bond donors (Lipinski definition) is 3. The average molecular weight is 345 g/mol. The SMILES string of the molecule is CN=C(NCc1cccc(NC(C)=O)c1)NCc1nc(C)c(C)s1. The van der Waals surface area contributed by atoms with Crippen LogP contribution in [0.5, 0.6) is 0 Å². The molecule has 0 aliphatic carbocycles. The second-order valence-electron chi connectivity index (χ2n) is 5.41. The largest absolute Gasteiger partial charge is 0.352 e. The zero-order chi connectivity index (χ0) is 17.5. The molecule has 0 fully saturated rings. The molecular weight excluding hydrogens is 322 g/mol. The Bertz CT molecular complexity index is 719. The number of thiazole rings is 1. The summed E-state index contributed by atoms with van der Waals surface area (Å²) in [5.74, 6) is 0.636. The third kappa shape index (κ3) is 5.34. The molecule has 24 heavy (non-hydrogen) atoms. The number of carbonyl (C=O) groups excluding carboxylic acids is 1. The van der Waals surface area contributed by atoms with Crippen molar-refractivity contribution in [2.75, 3.05) is 12.4 Å². The number of nitrogens with one attached hydrogen (secondary N) is 3. The summed E-state index contributed by atoms with van der Waals surface area (Å²) in [6.45, 7) is 6.85. The van der Waals surface area contributed by atoms with Crippen LogP contribution >= 0.6 is 11.3 Å². The Morgan fingerprint density at radius 2 is 2.00 bits per heavy atom. The molecule has 1 aromatic carbocycles. The minimum atomic E-state index is -0.0772. The summed E-state index contributed by atoms with van der Waals surface area (Å²) >= 11 is 1.69. The summed E-state index contributed by atoms with van der Waals surface area (Å²) in [5.41, 5.74) is 2.93. The van der Waals surface area contributed by atoms with E-state index < -0.39 is 0 Å². The molecule has 2 aromatic rings. The Morgan fingerprint density at radius 3 is 2.62 bits per heavy atom. The molecule has 7 heteroatoms. The fraction of sp³-hybridized carbons (Fsp3) is 0.353. The molecule has 1 heterocycles. The second-order valence-corrected chi connectivity index (χ2v) is 6.70. The lowest BCUT2D eigenvalue weighted by atomic mass is 10.2. The minimum absolute atomic E-state index is 0.0772. The molecular formula is C17H23N5OS. The van der Waals surface area contributed by atoms with Crippen LogP contribution in [0.2, 0.25) is 0 Å². The van der Waals surface area contributed by atoms with E-state index in [0.29, 0.717) is 19.0 Å². The molecule has 2 rings (SSSR count). The number of aromatic nitrogens is 1. The van der Waals surface area contributed by atoms with Gasteiger partial charge in [-0.25, -0.2) is 4.98 Å². The Balaban J connectivity index is 1.88. The van der Waals surface area contributed by atoms with Crippen LogP contribution in [0.1, 0.15) is 28.1 Å². The highest BCUT2D eigenvalue weighted by atomic mass is 32.1. The number of aryl methyl sites for hydroxylation is 2. The van der Waals surface area contributed by atoms with Crippen molar-refractivity contribution in [2.24, 2.45) is 4.99 Å². The number of rotatable bonds is 5. The molecule has 1 amide bonds. The summed E-state index contributed by atoms with van der Waals surface area (Å²) in [4.78, 5) is 21.1. The molecule has 6 nitrogen and oxygen atoms in total. The Labute approximate surface area is 146 Å². The van der Waals surface area contributed by atoms with E-state index in [4.69, 9.17) is 0 Å². The van der Waals surface area contributed by atoms with Gasteiger partial charge in [0.15, 0.2) is 5.96 Å². The summed E-state index contributed by atoms with van der Waals surface area (Å²) in [7, 11) is 1.74. The van der Waals surface area contributed by atoms with Crippen molar-refractivity contribution in [3.63, 3.8) is 0 Å². The third-order valence-electron chi connectivity index (χ3n) is 3.41. The third-order valence-corrected chi connectivity index (χ3v) is 4.48. The van der Waals surface area contributed by atoms with E-state index in [1.54, 1.807) is 18.4 Å². The number of guanidine groups is 1. The highest BCUT2D eigenvalue weighted by Gasteiger charge is 2.05. The lowest BCUT2D eigenvalue weighted by Crippen LogP contribution is -2.36. The average Bonchev–Trinajstić information content (AvgIpc) is 2.85. The zero-order valence-corrected chi connectivity index (χ0v) is 15.3. The molecule has 1 aromatic heterocycles. The molecule has 0 radical (unpaired) electrons. The van der Waals surface area contributed by atoms with Crippen LogP contribution in [0.25, 0.3) is 0 Å². The predicted molar refractivity (Wildman–Crippen MR) is 99.4 cm³/mol. The van der Waals surface area contributed by atoms with Gasteiger partial charge in [-0.15, -0.1) is 11.3 Å². The van der Waals surface area contributed by atoms with Crippen molar-refractivity contribution < 1.29 is 4.79 Å². The van der Waals surface area contributed by atoms with Crippen LogP contribution in [-0.2, 0) is 17.9 Å². The highest BCUT2D eigenvalue weighted by molar-refractivity contribution is 7.11. The number of hydrogen-bond acceptors (Lipinski definition) is 4. The van der Waals surface area contributed by atoms with Gasteiger partial charge in [0.25, 0.3) is 0 Å². The van der Waals surface area contributed by atoms with E-state index in [-0.39, 0.29) is 5.91 Å². The first-order chi connectivity index (χ1) is 11.5. The monoisotopic (exact) mass is 345 g/mol. The van der Waals surface area contributed by atoms with Gasteiger partial charge >= 0.3 is 0 Å². The Morgan fingerprint density at radius 1 is 1.25 bits per heavy atom.